The molecule has 1 N–H and O–H groups in total. The first-order chi connectivity index (χ1) is 9.38. The molecule has 4 nitrogen and oxygen atoms in total. The van der Waals surface area contributed by atoms with E-state index < -0.39 is 0 Å². The van der Waals surface area contributed by atoms with E-state index in [0.29, 0.717) is 6.04 Å². The normalized spacial score (nSPS) is 14.7. The van der Waals surface area contributed by atoms with E-state index >= 15 is 0 Å². The second kappa shape index (κ2) is 4.28. The third kappa shape index (κ3) is 2.17. The van der Waals surface area contributed by atoms with Crippen LogP contribution in [0.15, 0.2) is 36.5 Å². The molecular weight excluding hydrogens is 256 g/mol. The molecule has 0 aliphatic heterocycles. The van der Waals surface area contributed by atoms with E-state index in [0.717, 1.165) is 27.4 Å². The fourth-order valence-electron chi connectivity index (χ4n) is 2.02. The molecule has 19 heavy (non-hydrogen) atoms. The number of pyridine rings is 1. The maximum Gasteiger partial charge on any atom is 0.203 e. The maximum atomic E-state index is 4.54. The lowest BCUT2D eigenvalue weighted by Gasteiger charge is -1.99. The number of nitrogens with zero attached hydrogens (tertiary/aromatic N) is 3. The highest BCUT2D eigenvalue weighted by Gasteiger charge is 2.22. The van der Waals surface area contributed by atoms with Crippen LogP contribution in [0.5, 0.6) is 0 Å². The smallest absolute Gasteiger partial charge is 0.203 e. The number of rotatable bonds is 3. The average molecular weight is 268 g/mol. The van der Waals surface area contributed by atoms with Crippen LogP contribution < -0.4 is 5.32 Å². The predicted octanol–water partition coefficient (Wildman–Crippen LogP) is 3.33. The Bertz CT molecular complexity index is 733. The van der Waals surface area contributed by atoms with Crippen molar-refractivity contribution < 1.29 is 0 Å². The Morgan fingerprint density at radius 1 is 1.21 bits per heavy atom. The molecule has 0 bridgehead atoms. The minimum absolute atomic E-state index is 0.613. The van der Waals surface area contributed by atoms with Gasteiger partial charge >= 0.3 is 0 Å². The monoisotopic (exact) mass is 268 g/mol. The molecule has 0 atom stereocenters. The SMILES string of the molecule is c1cnc2ccc(-c3nsc(NC4CC4)n3)cc2c1. The van der Waals surface area contributed by atoms with Gasteiger partial charge in [-0.15, -0.1) is 0 Å². The van der Waals surface area contributed by atoms with Gasteiger partial charge in [0.05, 0.1) is 5.52 Å². The third-order valence-electron chi connectivity index (χ3n) is 3.19. The summed E-state index contributed by atoms with van der Waals surface area (Å²) in [6, 6.07) is 10.7. The van der Waals surface area contributed by atoms with Crippen LogP contribution in [-0.4, -0.2) is 20.4 Å². The summed E-state index contributed by atoms with van der Waals surface area (Å²) in [6.07, 6.45) is 4.30. The van der Waals surface area contributed by atoms with Crippen LogP contribution in [0, 0.1) is 0 Å². The molecule has 0 saturated heterocycles. The lowest BCUT2D eigenvalue weighted by atomic mass is 10.1. The Kier molecular flexibility index (Phi) is 2.45. The summed E-state index contributed by atoms with van der Waals surface area (Å²) in [6.45, 7) is 0. The van der Waals surface area contributed by atoms with E-state index in [-0.39, 0.29) is 0 Å². The zero-order chi connectivity index (χ0) is 12.7. The van der Waals surface area contributed by atoms with E-state index in [2.05, 4.69) is 31.8 Å². The van der Waals surface area contributed by atoms with Crippen molar-refractivity contribution in [1.29, 1.82) is 0 Å². The Morgan fingerprint density at radius 2 is 2.16 bits per heavy atom. The van der Waals surface area contributed by atoms with Crippen molar-refractivity contribution in [2.75, 3.05) is 5.32 Å². The van der Waals surface area contributed by atoms with Gasteiger partial charge in [-0.2, -0.15) is 9.36 Å². The van der Waals surface area contributed by atoms with Gasteiger partial charge in [-0.25, -0.2) is 0 Å². The first kappa shape index (κ1) is 10.9. The molecular formula is C14H12N4S. The topological polar surface area (TPSA) is 50.7 Å². The third-order valence-corrected chi connectivity index (χ3v) is 3.84. The summed E-state index contributed by atoms with van der Waals surface area (Å²) in [5, 5.41) is 5.41. The van der Waals surface area contributed by atoms with Crippen molar-refractivity contribution >= 4 is 27.6 Å². The Hall–Kier alpha value is -2.01. The molecule has 1 aromatic carbocycles. The number of fused-ring (bicyclic) bond motifs is 1. The van der Waals surface area contributed by atoms with Crippen molar-refractivity contribution in [3.63, 3.8) is 0 Å². The number of hydrogen-bond donors (Lipinski definition) is 1. The number of benzene rings is 1. The van der Waals surface area contributed by atoms with E-state index in [4.69, 9.17) is 0 Å². The van der Waals surface area contributed by atoms with E-state index in [1.807, 2.05) is 18.2 Å². The van der Waals surface area contributed by atoms with Crippen LogP contribution in [0.2, 0.25) is 0 Å². The summed E-state index contributed by atoms with van der Waals surface area (Å²) in [7, 11) is 0. The highest BCUT2D eigenvalue weighted by molar-refractivity contribution is 7.09. The lowest BCUT2D eigenvalue weighted by Crippen LogP contribution is -1.99. The molecule has 5 heteroatoms. The van der Waals surface area contributed by atoms with Gasteiger partial charge in [-0.3, -0.25) is 4.98 Å². The van der Waals surface area contributed by atoms with Crippen LogP contribution in [0.4, 0.5) is 5.13 Å². The zero-order valence-electron chi connectivity index (χ0n) is 10.2. The quantitative estimate of drug-likeness (QED) is 0.791. The second-order valence-electron chi connectivity index (χ2n) is 4.75. The zero-order valence-corrected chi connectivity index (χ0v) is 11.0. The maximum absolute atomic E-state index is 4.54. The summed E-state index contributed by atoms with van der Waals surface area (Å²) in [5.74, 6) is 0.791. The predicted molar refractivity (Wildman–Crippen MR) is 77.3 cm³/mol. The lowest BCUT2D eigenvalue weighted by molar-refractivity contribution is 1.14. The standard InChI is InChI=1S/C14H12N4S/c1-2-9-8-10(3-6-12(9)15-7-1)13-17-14(19-18-13)16-11-4-5-11/h1-3,6-8,11H,4-5H2,(H,16,17,18). The van der Waals surface area contributed by atoms with Gasteiger partial charge in [-0.1, -0.05) is 6.07 Å². The highest BCUT2D eigenvalue weighted by atomic mass is 32.1. The molecule has 0 spiro atoms. The fourth-order valence-corrected chi connectivity index (χ4v) is 2.68. The van der Waals surface area contributed by atoms with Gasteiger partial charge in [0.1, 0.15) is 0 Å². The number of hydrogen-bond acceptors (Lipinski definition) is 5. The first-order valence-corrected chi connectivity index (χ1v) is 7.11. The molecule has 3 aromatic rings. The van der Waals surface area contributed by atoms with Gasteiger partial charge < -0.3 is 5.32 Å². The highest BCUT2D eigenvalue weighted by Crippen LogP contribution is 2.28. The van der Waals surface area contributed by atoms with Crippen molar-refractivity contribution in [2.45, 2.75) is 18.9 Å². The van der Waals surface area contributed by atoms with E-state index in [1.165, 1.54) is 24.4 Å². The van der Waals surface area contributed by atoms with Gasteiger partial charge in [0.25, 0.3) is 0 Å². The molecule has 0 radical (unpaired) electrons. The van der Waals surface area contributed by atoms with Crippen molar-refractivity contribution in [3.05, 3.63) is 36.5 Å². The average Bonchev–Trinajstić information content (AvgIpc) is 3.14. The van der Waals surface area contributed by atoms with Crippen molar-refractivity contribution in [3.8, 4) is 11.4 Å². The molecule has 4 rings (SSSR count). The molecule has 0 amide bonds. The molecule has 1 fully saturated rings. The van der Waals surface area contributed by atoms with Gasteiger partial charge in [0.15, 0.2) is 5.82 Å². The Morgan fingerprint density at radius 3 is 3.05 bits per heavy atom. The van der Waals surface area contributed by atoms with Crippen LogP contribution in [0.25, 0.3) is 22.3 Å². The molecule has 1 aliphatic carbocycles. The summed E-state index contributed by atoms with van der Waals surface area (Å²) >= 11 is 1.43. The van der Waals surface area contributed by atoms with Crippen LogP contribution in [0.1, 0.15) is 12.8 Å². The Balaban J connectivity index is 1.70. The molecule has 94 valence electrons. The van der Waals surface area contributed by atoms with Gasteiger partial charge in [0.2, 0.25) is 5.13 Å². The fraction of sp³-hybridized carbons (Fsp3) is 0.214. The first-order valence-electron chi connectivity index (χ1n) is 6.34. The molecule has 0 unspecified atom stereocenters. The number of nitrogens with one attached hydrogen (secondary N) is 1. The minimum Gasteiger partial charge on any atom is -0.358 e. The minimum atomic E-state index is 0.613. The summed E-state index contributed by atoms with van der Waals surface area (Å²) in [4.78, 5) is 8.86. The number of aromatic nitrogens is 3. The molecule has 2 aromatic heterocycles. The van der Waals surface area contributed by atoms with Crippen LogP contribution >= 0.6 is 11.5 Å². The van der Waals surface area contributed by atoms with E-state index in [1.54, 1.807) is 6.20 Å². The molecule has 2 heterocycles. The van der Waals surface area contributed by atoms with Crippen LogP contribution in [-0.2, 0) is 0 Å². The summed E-state index contributed by atoms with van der Waals surface area (Å²) < 4.78 is 4.42. The van der Waals surface area contributed by atoms with E-state index in [9.17, 15) is 0 Å². The van der Waals surface area contributed by atoms with Gasteiger partial charge in [-0.05, 0) is 37.1 Å². The molecule has 1 aliphatic rings. The largest absolute Gasteiger partial charge is 0.358 e. The second-order valence-corrected chi connectivity index (χ2v) is 5.50. The Labute approximate surface area is 114 Å². The summed E-state index contributed by atoms with van der Waals surface area (Å²) in [5.41, 5.74) is 2.04. The van der Waals surface area contributed by atoms with Crippen molar-refractivity contribution in [2.24, 2.45) is 0 Å². The van der Waals surface area contributed by atoms with Crippen LogP contribution in [0.3, 0.4) is 0 Å². The van der Waals surface area contributed by atoms with Gasteiger partial charge in [0, 0.05) is 34.7 Å². The van der Waals surface area contributed by atoms with Crippen molar-refractivity contribution in [1.82, 2.24) is 14.3 Å². The molecule has 1 saturated carbocycles. The number of anilines is 1.